The standard InChI is InChI=1S/C19H18FNO2/c20-12-5-1-4-11(10-12)17-18-13(6-2-8-15(18)22)21-14-7-3-9-16(23)19(14)17/h1,4-5,10,17-18H,2-3,6-9H2. The van der Waals surface area contributed by atoms with Crippen LogP contribution in [-0.2, 0) is 9.59 Å². The SMILES string of the molecule is O=C1CCCC2=C1C(c1cccc(F)c1)C1C(=O)CCCC1=N2. The van der Waals surface area contributed by atoms with Crippen molar-refractivity contribution in [3.05, 3.63) is 46.9 Å². The fourth-order valence-corrected chi connectivity index (χ4v) is 4.16. The third kappa shape index (κ3) is 2.37. The zero-order valence-corrected chi connectivity index (χ0v) is 12.8. The largest absolute Gasteiger partial charge is 0.299 e. The third-order valence-corrected chi connectivity index (χ3v) is 5.12. The average molecular weight is 311 g/mol. The van der Waals surface area contributed by atoms with Crippen molar-refractivity contribution in [2.45, 2.75) is 44.4 Å². The highest BCUT2D eigenvalue weighted by Crippen LogP contribution is 2.45. The number of halogens is 1. The second kappa shape index (κ2) is 5.52. The van der Waals surface area contributed by atoms with E-state index in [1.54, 1.807) is 6.07 Å². The van der Waals surface area contributed by atoms with Gasteiger partial charge in [-0.2, -0.15) is 0 Å². The number of nitrogens with zero attached hydrogens (tertiary/aromatic N) is 1. The van der Waals surface area contributed by atoms with Gasteiger partial charge < -0.3 is 0 Å². The molecule has 3 aliphatic rings. The van der Waals surface area contributed by atoms with Crippen LogP contribution in [0.1, 0.15) is 50.0 Å². The number of Topliss-reactive ketones (excluding diaryl/α,β-unsaturated/α-hetero) is 2. The van der Waals surface area contributed by atoms with Gasteiger partial charge in [0, 0.05) is 35.7 Å². The molecular weight excluding hydrogens is 293 g/mol. The molecule has 4 rings (SSSR count). The molecule has 0 aromatic heterocycles. The van der Waals surface area contributed by atoms with E-state index in [-0.39, 0.29) is 29.2 Å². The molecule has 0 N–H and O–H groups in total. The molecule has 0 bridgehead atoms. The van der Waals surface area contributed by atoms with Crippen molar-refractivity contribution in [3.63, 3.8) is 0 Å². The molecule has 1 fully saturated rings. The number of fused-ring (bicyclic) bond motifs is 1. The maximum absolute atomic E-state index is 13.7. The second-order valence-electron chi connectivity index (χ2n) is 6.57. The van der Waals surface area contributed by atoms with E-state index >= 15 is 0 Å². The van der Waals surface area contributed by atoms with Crippen molar-refractivity contribution >= 4 is 17.3 Å². The predicted octanol–water partition coefficient (Wildman–Crippen LogP) is 3.74. The second-order valence-corrected chi connectivity index (χ2v) is 6.57. The molecule has 0 saturated heterocycles. The monoisotopic (exact) mass is 311 g/mol. The van der Waals surface area contributed by atoms with Crippen LogP contribution in [0.2, 0.25) is 0 Å². The van der Waals surface area contributed by atoms with Crippen LogP contribution in [0.3, 0.4) is 0 Å². The van der Waals surface area contributed by atoms with Gasteiger partial charge in [-0.3, -0.25) is 14.6 Å². The lowest BCUT2D eigenvalue weighted by atomic mass is 9.67. The molecule has 23 heavy (non-hydrogen) atoms. The summed E-state index contributed by atoms with van der Waals surface area (Å²) >= 11 is 0. The molecule has 0 amide bonds. The number of aliphatic imine (C=N–C) groups is 1. The molecule has 118 valence electrons. The summed E-state index contributed by atoms with van der Waals surface area (Å²) in [6, 6.07) is 6.33. The first-order chi connectivity index (χ1) is 11.1. The number of ketones is 2. The van der Waals surface area contributed by atoms with Crippen LogP contribution in [0.5, 0.6) is 0 Å². The number of allylic oxidation sites excluding steroid dienone is 2. The smallest absolute Gasteiger partial charge is 0.161 e. The van der Waals surface area contributed by atoms with E-state index in [9.17, 15) is 14.0 Å². The summed E-state index contributed by atoms with van der Waals surface area (Å²) in [6.07, 6.45) is 4.22. The van der Waals surface area contributed by atoms with Gasteiger partial charge in [0.1, 0.15) is 11.6 Å². The summed E-state index contributed by atoms with van der Waals surface area (Å²) in [7, 11) is 0. The van der Waals surface area contributed by atoms with Gasteiger partial charge in [0.2, 0.25) is 0 Å². The first-order valence-electron chi connectivity index (χ1n) is 8.27. The zero-order chi connectivity index (χ0) is 16.0. The molecule has 1 aromatic carbocycles. The van der Waals surface area contributed by atoms with Crippen LogP contribution in [0, 0.1) is 11.7 Å². The molecule has 1 aromatic rings. The summed E-state index contributed by atoms with van der Waals surface area (Å²) < 4.78 is 13.7. The van der Waals surface area contributed by atoms with Gasteiger partial charge in [-0.15, -0.1) is 0 Å². The van der Waals surface area contributed by atoms with E-state index in [1.165, 1.54) is 12.1 Å². The van der Waals surface area contributed by atoms with Crippen LogP contribution in [0.4, 0.5) is 4.39 Å². The van der Waals surface area contributed by atoms with Crippen molar-refractivity contribution < 1.29 is 14.0 Å². The Morgan fingerprint density at radius 3 is 2.65 bits per heavy atom. The number of carbonyl (C=O) groups excluding carboxylic acids is 2. The predicted molar refractivity (Wildman–Crippen MR) is 84.8 cm³/mol. The quantitative estimate of drug-likeness (QED) is 0.793. The fraction of sp³-hybridized carbons (Fsp3) is 0.421. The Hall–Kier alpha value is -2.10. The summed E-state index contributed by atoms with van der Waals surface area (Å²) in [5, 5.41) is 0. The lowest BCUT2D eigenvalue weighted by molar-refractivity contribution is -0.122. The van der Waals surface area contributed by atoms with Gasteiger partial charge in [-0.25, -0.2) is 4.39 Å². The van der Waals surface area contributed by atoms with Gasteiger partial charge in [0.05, 0.1) is 5.92 Å². The summed E-state index contributed by atoms with van der Waals surface area (Å²) in [5.41, 5.74) is 3.10. The van der Waals surface area contributed by atoms with Crippen molar-refractivity contribution in [1.29, 1.82) is 0 Å². The van der Waals surface area contributed by atoms with E-state index in [1.807, 2.05) is 6.07 Å². The third-order valence-electron chi connectivity index (χ3n) is 5.12. The van der Waals surface area contributed by atoms with Gasteiger partial charge in [-0.05, 0) is 43.4 Å². The van der Waals surface area contributed by atoms with E-state index in [4.69, 9.17) is 0 Å². The van der Waals surface area contributed by atoms with E-state index in [2.05, 4.69) is 4.99 Å². The van der Waals surface area contributed by atoms with Crippen molar-refractivity contribution in [2.75, 3.05) is 0 Å². The van der Waals surface area contributed by atoms with Crippen LogP contribution in [0.25, 0.3) is 0 Å². The maximum atomic E-state index is 13.7. The topological polar surface area (TPSA) is 46.5 Å². The van der Waals surface area contributed by atoms with Crippen LogP contribution in [-0.4, -0.2) is 17.3 Å². The molecular formula is C19H18FNO2. The highest BCUT2D eigenvalue weighted by Gasteiger charge is 2.44. The van der Waals surface area contributed by atoms with E-state index < -0.39 is 0 Å². The van der Waals surface area contributed by atoms with Crippen LogP contribution >= 0.6 is 0 Å². The van der Waals surface area contributed by atoms with Crippen LogP contribution < -0.4 is 0 Å². The lowest BCUT2D eigenvalue weighted by Crippen LogP contribution is -2.39. The lowest BCUT2D eigenvalue weighted by Gasteiger charge is -2.37. The molecule has 1 saturated carbocycles. The Balaban J connectivity index is 1.91. The minimum Gasteiger partial charge on any atom is -0.299 e. The summed E-state index contributed by atoms with van der Waals surface area (Å²) in [4.78, 5) is 29.8. The molecule has 4 heteroatoms. The maximum Gasteiger partial charge on any atom is 0.161 e. The first kappa shape index (κ1) is 14.5. The Morgan fingerprint density at radius 2 is 1.83 bits per heavy atom. The summed E-state index contributed by atoms with van der Waals surface area (Å²) in [5.74, 6) is -0.865. The Bertz CT molecular complexity index is 762. The first-order valence-corrected chi connectivity index (χ1v) is 8.27. The van der Waals surface area contributed by atoms with Crippen molar-refractivity contribution in [3.8, 4) is 0 Å². The Morgan fingerprint density at radius 1 is 1.00 bits per heavy atom. The van der Waals surface area contributed by atoms with Gasteiger partial charge in [-0.1, -0.05) is 12.1 Å². The molecule has 1 aliphatic heterocycles. The fourth-order valence-electron chi connectivity index (χ4n) is 4.16. The minimum atomic E-state index is -0.383. The van der Waals surface area contributed by atoms with E-state index in [0.29, 0.717) is 18.4 Å². The Kier molecular flexibility index (Phi) is 3.47. The Labute approximate surface area is 134 Å². The minimum absolute atomic E-state index is 0.0710. The molecule has 3 nitrogen and oxygen atoms in total. The van der Waals surface area contributed by atoms with Gasteiger partial charge in [0.25, 0.3) is 0 Å². The molecule has 1 heterocycles. The average Bonchev–Trinajstić information content (AvgIpc) is 2.53. The number of rotatable bonds is 1. The number of carbonyl (C=O) groups is 2. The van der Waals surface area contributed by atoms with Crippen molar-refractivity contribution in [1.82, 2.24) is 0 Å². The highest BCUT2D eigenvalue weighted by atomic mass is 19.1. The number of hydrogen-bond donors (Lipinski definition) is 0. The normalized spacial score (nSPS) is 27.4. The summed E-state index contributed by atoms with van der Waals surface area (Å²) in [6.45, 7) is 0. The van der Waals surface area contributed by atoms with Crippen LogP contribution in [0.15, 0.2) is 40.5 Å². The molecule has 0 spiro atoms. The van der Waals surface area contributed by atoms with Crippen molar-refractivity contribution in [2.24, 2.45) is 10.9 Å². The molecule has 2 aliphatic carbocycles. The highest BCUT2D eigenvalue weighted by molar-refractivity contribution is 6.12. The van der Waals surface area contributed by atoms with E-state index in [0.717, 1.165) is 42.7 Å². The number of benzene rings is 1. The van der Waals surface area contributed by atoms with Gasteiger partial charge in [0.15, 0.2) is 5.78 Å². The molecule has 2 unspecified atom stereocenters. The molecule has 0 radical (unpaired) electrons. The molecule has 2 atom stereocenters. The number of hydrogen-bond acceptors (Lipinski definition) is 3. The van der Waals surface area contributed by atoms with Gasteiger partial charge >= 0.3 is 0 Å². The zero-order valence-electron chi connectivity index (χ0n) is 12.8.